The molecule has 0 amide bonds. The monoisotopic (exact) mass is 238 g/mol. The zero-order chi connectivity index (χ0) is 12.7. The summed E-state index contributed by atoms with van der Waals surface area (Å²) >= 11 is 0. The third-order valence-electron chi connectivity index (χ3n) is 4.30. The highest BCUT2D eigenvalue weighted by molar-refractivity contribution is 5.87. The Labute approximate surface area is 103 Å². The Bertz CT molecular complexity index is 349. The van der Waals surface area contributed by atoms with Crippen molar-refractivity contribution < 1.29 is 14.6 Å². The van der Waals surface area contributed by atoms with Crippen LogP contribution in [0.2, 0.25) is 0 Å². The molecule has 96 valence electrons. The summed E-state index contributed by atoms with van der Waals surface area (Å²) in [4.78, 5) is 11.7. The molecular weight excluding hydrogens is 216 g/mol. The summed E-state index contributed by atoms with van der Waals surface area (Å²) in [5.41, 5.74) is -0.638. The molecule has 2 bridgehead atoms. The van der Waals surface area contributed by atoms with E-state index in [1.165, 1.54) is 0 Å². The van der Waals surface area contributed by atoms with Crippen LogP contribution < -0.4 is 0 Å². The molecule has 0 aromatic carbocycles. The van der Waals surface area contributed by atoms with Gasteiger partial charge in [-0.15, -0.1) is 0 Å². The van der Waals surface area contributed by atoms with Crippen molar-refractivity contribution in [2.24, 2.45) is 5.92 Å². The van der Waals surface area contributed by atoms with Gasteiger partial charge in [-0.2, -0.15) is 0 Å². The minimum absolute atomic E-state index is 0.322. The van der Waals surface area contributed by atoms with E-state index in [1.807, 2.05) is 6.92 Å². The smallest absolute Gasteiger partial charge is 0.333 e. The fraction of sp³-hybridized carbons (Fsp3) is 0.786. The van der Waals surface area contributed by atoms with Crippen molar-refractivity contribution in [1.29, 1.82) is 0 Å². The summed E-state index contributed by atoms with van der Waals surface area (Å²) in [6.07, 6.45) is 5.04. The van der Waals surface area contributed by atoms with E-state index in [0.29, 0.717) is 17.9 Å². The molecule has 0 heterocycles. The molecule has 17 heavy (non-hydrogen) atoms. The molecule has 2 rings (SSSR count). The summed E-state index contributed by atoms with van der Waals surface area (Å²) in [7, 11) is 0. The van der Waals surface area contributed by atoms with Crippen LogP contribution >= 0.6 is 0 Å². The van der Waals surface area contributed by atoms with Gasteiger partial charge in [-0.05, 0) is 44.9 Å². The first kappa shape index (κ1) is 12.6. The van der Waals surface area contributed by atoms with E-state index in [0.717, 1.165) is 32.1 Å². The van der Waals surface area contributed by atoms with Gasteiger partial charge in [-0.25, -0.2) is 4.79 Å². The number of carbonyl (C=O) groups is 1. The first-order valence-corrected chi connectivity index (χ1v) is 6.49. The van der Waals surface area contributed by atoms with Gasteiger partial charge in [-0.3, -0.25) is 0 Å². The molecule has 2 aliphatic rings. The molecule has 3 atom stereocenters. The number of hydrogen-bond acceptors (Lipinski definition) is 3. The average molecular weight is 238 g/mol. The van der Waals surface area contributed by atoms with Crippen LogP contribution in [-0.2, 0) is 9.53 Å². The van der Waals surface area contributed by atoms with Crippen LogP contribution in [0.3, 0.4) is 0 Å². The predicted molar refractivity (Wildman–Crippen MR) is 65.5 cm³/mol. The summed E-state index contributed by atoms with van der Waals surface area (Å²) in [5, 5.41) is 10.4. The van der Waals surface area contributed by atoms with Crippen LogP contribution in [0.5, 0.6) is 0 Å². The SMILES string of the molecule is C=C(C)C(=O)OC1(CC)CC2CCC(O)(C2)C1. The van der Waals surface area contributed by atoms with E-state index in [-0.39, 0.29) is 5.97 Å². The molecule has 3 heteroatoms. The molecule has 0 aromatic rings. The summed E-state index contributed by atoms with van der Waals surface area (Å²) in [5.74, 6) is 0.184. The Morgan fingerprint density at radius 2 is 2.24 bits per heavy atom. The maximum Gasteiger partial charge on any atom is 0.333 e. The zero-order valence-electron chi connectivity index (χ0n) is 10.8. The van der Waals surface area contributed by atoms with Gasteiger partial charge in [0.25, 0.3) is 0 Å². The van der Waals surface area contributed by atoms with Crippen molar-refractivity contribution in [2.45, 2.75) is 63.6 Å². The minimum Gasteiger partial charge on any atom is -0.456 e. The Morgan fingerprint density at radius 3 is 2.76 bits per heavy atom. The summed E-state index contributed by atoms with van der Waals surface area (Å²) in [6, 6.07) is 0. The summed E-state index contributed by atoms with van der Waals surface area (Å²) < 4.78 is 5.64. The van der Waals surface area contributed by atoms with Gasteiger partial charge >= 0.3 is 5.97 Å². The van der Waals surface area contributed by atoms with Gasteiger partial charge in [-0.1, -0.05) is 13.5 Å². The number of rotatable bonds is 3. The van der Waals surface area contributed by atoms with Gasteiger partial charge in [0.1, 0.15) is 5.60 Å². The molecule has 0 saturated heterocycles. The second-order valence-corrected chi connectivity index (χ2v) is 5.92. The first-order valence-electron chi connectivity index (χ1n) is 6.49. The average Bonchev–Trinajstić information content (AvgIpc) is 2.53. The molecule has 0 spiro atoms. The molecule has 0 aromatic heterocycles. The Hall–Kier alpha value is -0.830. The van der Waals surface area contributed by atoms with Gasteiger partial charge in [0.15, 0.2) is 0 Å². The molecule has 3 nitrogen and oxygen atoms in total. The lowest BCUT2D eigenvalue weighted by Gasteiger charge is -2.43. The van der Waals surface area contributed by atoms with Crippen LogP contribution in [-0.4, -0.2) is 22.3 Å². The molecule has 0 aliphatic heterocycles. The number of carbonyl (C=O) groups excluding carboxylic acids is 1. The number of hydrogen-bond donors (Lipinski definition) is 1. The van der Waals surface area contributed by atoms with Crippen molar-refractivity contribution >= 4 is 5.97 Å². The van der Waals surface area contributed by atoms with E-state index >= 15 is 0 Å². The molecular formula is C14H22O3. The van der Waals surface area contributed by atoms with Crippen LogP contribution in [0.15, 0.2) is 12.2 Å². The highest BCUT2D eigenvalue weighted by Gasteiger charge is 2.52. The number of fused-ring (bicyclic) bond motifs is 2. The van der Waals surface area contributed by atoms with Crippen molar-refractivity contribution in [3.05, 3.63) is 12.2 Å². The second kappa shape index (κ2) is 4.13. The Balaban J connectivity index is 2.15. The van der Waals surface area contributed by atoms with Crippen LogP contribution in [0.4, 0.5) is 0 Å². The van der Waals surface area contributed by atoms with Crippen LogP contribution in [0, 0.1) is 5.92 Å². The quantitative estimate of drug-likeness (QED) is 0.607. The minimum atomic E-state index is -0.603. The molecule has 3 unspecified atom stereocenters. The first-order chi connectivity index (χ1) is 7.88. The van der Waals surface area contributed by atoms with E-state index in [9.17, 15) is 9.90 Å². The largest absolute Gasteiger partial charge is 0.456 e. The van der Waals surface area contributed by atoms with E-state index in [4.69, 9.17) is 4.74 Å². The maximum atomic E-state index is 11.7. The van der Waals surface area contributed by atoms with Gasteiger partial charge in [0, 0.05) is 12.0 Å². The van der Waals surface area contributed by atoms with Crippen molar-refractivity contribution in [1.82, 2.24) is 0 Å². The van der Waals surface area contributed by atoms with Crippen LogP contribution in [0.25, 0.3) is 0 Å². The third-order valence-corrected chi connectivity index (χ3v) is 4.30. The lowest BCUT2D eigenvalue weighted by molar-refractivity contribution is -0.170. The molecule has 2 aliphatic carbocycles. The number of aliphatic hydroxyl groups is 1. The maximum absolute atomic E-state index is 11.7. The fourth-order valence-corrected chi connectivity index (χ4v) is 3.45. The Morgan fingerprint density at radius 1 is 1.53 bits per heavy atom. The second-order valence-electron chi connectivity index (χ2n) is 5.92. The van der Waals surface area contributed by atoms with Crippen LogP contribution in [0.1, 0.15) is 52.4 Å². The third kappa shape index (κ3) is 2.39. The van der Waals surface area contributed by atoms with Crippen molar-refractivity contribution in [2.75, 3.05) is 0 Å². The number of esters is 1. The van der Waals surface area contributed by atoms with Crippen molar-refractivity contribution in [3.8, 4) is 0 Å². The fourth-order valence-electron chi connectivity index (χ4n) is 3.45. The predicted octanol–water partition coefficient (Wildman–Crippen LogP) is 2.58. The van der Waals surface area contributed by atoms with E-state index < -0.39 is 11.2 Å². The lowest BCUT2D eigenvalue weighted by atomic mass is 9.73. The lowest BCUT2D eigenvalue weighted by Crippen LogP contribution is -2.47. The van der Waals surface area contributed by atoms with Gasteiger partial charge in [0.2, 0.25) is 0 Å². The highest BCUT2D eigenvalue weighted by Crippen LogP contribution is 2.51. The molecule has 2 fully saturated rings. The Kier molecular flexibility index (Phi) is 3.06. The highest BCUT2D eigenvalue weighted by atomic mass is 16.6. The topological polar surface area (TPSA) is 46.5 Å². The number of ether oxygens (including phenoxy) is 1. The summed E-state index contributed by atoms with van der Waals surface area (Å²) in [6.45, 7) is 7.31. The normalized spacial score (nSPS) is 40.1. The van der Waals surface area contributed by atoms with E-state index in [2.05, 4.69) is 6.58 Å². The molecule has 0 radical (unpaired) electrons. The van der Waals surface area contributed by atoms with Gasteiger partial charge < -0.3 is 9.84 Å². The van der Waals surface area contributed by atoms with Crippen molar-refractivity contribution in [3.63, 3.8) is 0 Å². The van der Waals surface area contributed by atoms with E-state index in [1.54, 1.807) is 6.92 Å². The molecule has 2 saturated carbocycles. The zero-order valence-corrected chi connectivity index (χ0v) is 10.8. The standard InChI is InChI=1S/C14H22O3/c1-4-14(17-12(15)10(2)3)8-11-5-6-13(16,7-11)9-14/h11,16H,2,4-9H2,1,3H3. The van der Waals surface area contributed by atoms with Gasteiger partial charge in [0.05, 0.1) is 5.60 Å². The molecule has 1 N–H and O–H groups in total.